The predicted molar refractivity (Wildman–Crippen MR) is 87.2 cm³/mol. The highest BCUT2D eigenvalue weighted by Crippen LogP contribution is 2.18. The summed E-state index contributed by atoms with van der Waals surface area (Å²) in [5.41, 5.74) is 6.30. The average Bonchev–Trinajstić information content (AvgIpc) is 2.42. The molecule has 3 N–H and O–H groups in total. The molecule has 2 heterocycles. The van der Waals surface area contributed by atoms with E-state index in [4.69, 9.17) is 5.73 Å². The summed E-state index contributed by atoms with van der Waals surface area (Å²) in [6.45, 7) is 10.6. The van der Waals surface area contributed by atoms with Crippen molar-refractivity contribution in [1.29, 1.82) is 0 Å². The Bertz CT molecular complexity index is 588. The van der Waals surface area contributed by atoms with Gasteiger partial charge in [-0.15, -0.1) is 0 Å². The van der Waals surface area contributed by atoms with Crippen LogP contribution >= 0.6 is 0 Å². The summed E-state index contributed by atoms with van der Waals surface area (Å²) in [6.07, 6.45) is 1.51. The van der Waals surface area contributed by atoms with Gasteiger partial charge in [-0.05, 0) is 39.8 Å². The maximum Gasteiger partial charge on any atom is 0.166 e. The quantitative estimate of drug-likeness (QED) is 0.847. The first kappa shape index (κ1) is 15.4. The van der Waals surface area contributed by atoms with Crippen molar-refractivity contribution in [2.24, 2.45) is 0 Å². The van der Waals surface area contributed by atoms with Crippen LogP contribution in [-0.4, -0.2) is 45.0 Å². The summed E-state index contributed by atoms with van der Waals surface area (Å²) >= 11 is 0. The average molecular weight is 288 g/mol. The molecule has 0 atom stereocenters. The SMILES string of the molecule is CC(C)N(CCNc1ncnc2nc(N)ccc12)C(C)C. The Morgan fingerprint density at radius 2 is 1.86 bits per heavy atom. The molecule has 0 radical (unpaired) electrons. The molecule has 2 aromatic heterocycles. The number of aromatic nitrogens is 3. The molecule has 0 unspecified atom stereocenters. The van der Waals surface area contributed by atoms with Crippen LogP contribution in [0.4, 0.5) is 11.6 Å². The van der Waals surface area contributed by atoms with E-state index in [1.807, 2.05) is 6.07 Å². The largest absolute Gasteiger partial charge is 0.384 e. The summed E-state index contributed by atoms with van der Waals surface area (Å²) < 4.78 is 0. The van der Waals surface area contributed by atoms with Crippen LogP contribution < -0.4 is 11.1 Å². The highest BCUT2D eigenvalue weighted by Gasteiger charge is 2.13. The van der Waals surface area contributed by atoms with Crippen molar-refractivity contribution in [2.75, 3.05) is 24.1 Å². The summed E-state index contributed by atoms with van der Waals surface area (Å²) in [7, 11) is 0. The Labute approximate surface area is 125 Å². The van der Waals surface area contributed by atoms with Crippen molar-refractivity contribution in [3.05, 3.63) is 18.5 Å². The normalized spacial score (nSPS) is 11.8. The van der Waals surface area contributed by atoms with Gasteiger partial charge in [0.15, 0.2) is 5.65 Å². The van der Waals surface area contributed by atoms with E-state index in [2.05, 4.69) is 52.9 Å². The van der Waals surface area contributed by atoms with Gasteiger partial charge in [0.25, 0.3) is 0 Å². The molecule has 0 saturated carbocycles. The molecule has 2 rings (SSSR count). The van der Waals surface area contributed by atoms with Gasteiger partial charge in [0.1, 0.15) is 18.0 Å². The smallest absolute Gasteiger partial charge is 0.166 e. The van der Waals surface area contributed by atoms with Crippen molar-refractivity contribution in [3.63, 3.8) is 0 Å². The lowest BCUT2D eigenvalue weighted by Crippen LogP contribution is -2.40. The minimum atomic E-state index is 0.470. The fourth-order valence-electron chi connectivity index (χ4n) is 2.51. The Balaban J connectivity index is 2.07. The van der Waals surface area contributed by atoms with Gasteiger partial charge >= 0.3 is 0 Å². The number of pyridine rings is 1. The van der Waals surface area contributed by atoms with E-state index in [1.165, 1.54) is 6.33 Å². The predicted octanol–water partition coefficient (Wildman–Crippen LogP) is 2.14. The van der Waals surface area contributed by atoms with Crippen LogP contribution in [0.25, 0.3) is 11.0 Å². The standard InChI is InChI=1S/C15H24N6/c1-10(2)21(11(3)4)8-7-17-14-12-5-6-13(16)20-15(12)19-9-18-14/h5-6,9-11H,7-8H2,1-4H3,(H3,16,17,18,19,20). The monoisotopic (exact) mass is 288 g/mol. The molecule has 0 fully saturated rings. The molecule has 0 aliphatic heterocycles. The minimum absolute atomic E-state index is 0.470. The first-order valence-corrected chi connectivity index (χ1v) is 7.36. The van der Waals surface area contributed by atoms with Crippen LogP contribution in [0, 0.1) is 0 Å². The van der Waals surface area contributed by atoms with E-state index in [9.17, 15) is 0 Å². The van der Waals surface area contributed by atoms with E-state index in [1.54, 1.807) is 6.07 Å². The molecular formula is C15H24N6. The van der Waals surface area contributed by atoms with E-state index in [0.717, 1.165) is 24.3 Å². The van der Waals surface area contributed by atoms with Crippen molar-refractivity contribution in [3.8, 4) is 0 Å². The maximum atomic E-state index is 5.68. The lowest BCUT2D eigenvalue weighted by Gasteiger charge is -2.30. The number of nitrogens with one attached hydrogen (secondary N) is 1. The summed E-state index contributed by atoms with van der Waals surface area (Å²) in [5.74, 6) is 1.28. The van der Waals surface area contributed by atoms with Gasteiger partial charge in [-0.3, -0.25) is 4.90 Å². The summed E-state index contributed by atoms with van der Waals surface area (Å²) in [6, 6.07) is 4.72. The molecule has 0 aliphatic carbocycles. The van der Waals surface area contributed by atoms with Gasteiger partial charge in [-0.1, -0.05) is 0 Å². The first-order chi connectivity index (χ1) is 9.99. The number of hydrogen-bond donors (Lipinski definition) is 2. The van der Waals surface area contributed by atoms with Crippen LogP contribution in [0.1, 0.15) is 27.7 Å². The molecular weight excluding hydrogens is 264 g/mol. The molecule has 0 aromatic carbocycles. The van der Waals surface area contributed by atoms with Gasteiger partial charge in [0.05, 0.1) is 5.39 Å². The molecule has 6 nitrogen and oxygen atoms in total. The summed E-state index contributed by atoms with van der Waals surface area (Å²) in [4.78, 5) is 15.1. The molecule has 0 saturated heterocycles. The zero-order valence-electron chi connectivity index (χ0n) is 13.2. The number of fused-ring (bicyclic) bond motifs is 1. The third kappa shape index (κ3) is 3.78. The van der Waals surface area contributed by atoms with Gasteiger partial charge in [0, 0.05) is 25.2 Å². The fourth-order valence-corrected chi connectivity index (χ4v) is 2.51. The maximum absolute atomic E-state index is 5.68. The zero-order valence-corrected chi connectivity index (χ0v) is 13.2. The summed E-state index contributed by atoms with van der Waals surface area (Å²) in [5, 5.41) is 4.27. The molecule has 0 amide bonds. The number of nitrogens with zero attached hydrogens (tertiary/aromatic N) is 4. The fraction of sp³-hybridized carbons (Fsp3) is 0.533. The lowest BCUT2D eigenvalue weighted by molar-refractivity contribution is 0.182. The molecule has 0 spiro atoms. The molecule has 0 bridgehead atoms. The number of anilines is 2. The van der Waals surface area contributed by atoms with Crippen LogP contribution in [0.2, 0.25) is 0 Å². The molecule has 0 aliphatic rings. The van der Waals surface area contributed by atoms with Crippen molar-refractivity contribution >= 4 is 22.7 Å². The molecule has 21 heavy (non-hydrogen) atoms. The third-order valence-electron chi connectivity index (χ3n) is 3.51. The van der Waals surface area contributed by atoms with Crippen molar-refractivity contribution < 1.29 is 0 Å². The highest BCUT2D eigenvalue weighted by atomic mass is 15.2. The second-order valence-electron chi connectivity index (χ2n) is 5.68. The number of nitrogens with two attached hydrogens (primary N) is 1. The molecule has 2 aromatic rings. The number of hydrogen-bond acceptors (Lipinski definition) is 6. The second kappa shape index (κ2) is 6.67. The Hall–Kier alpha value is -1.95. The number of rotatable bonds is 6. The van der Waals surface area contributed by atoms with Crippen molar-refractivity contribution in [2.45, 2.75) is 39.8 Å². The lowest BCUT2D eigenvalue weighted by atomic mass is 10.2. The van der Waals surface area contributed by atoms with Crippen LogP contribution in [0.3, 0.4) is 0 Å². The second-order valence-corrected chi connectivity index (χ2v) is 5.68. The zero-order chi connectivity index (χ0) is 15.4. The van der Waals surface area contributed by atoms with Gasteiger partial charge in [-0.2, -0.15) is 0 Å². The minimum Gasteiger partial charge on any atom is -0.384 e. The van der Waals surface area contributed by atoms with Crippen LogP contribution in [0.5, 0.6) is 0 Å². The highest BCUT2D eigenvalue weighted by molar-refractivity contribution is 5.86. The Morgan fingerprint density at radius 1 is 1.14 bits per heavy atom. The Morgan fingerprint density at radius 3 is 2.52 bits per heavy atom. The van der Waals surface area contributed by atoms with Gasteiger partial charge < -0.3 is 11.1 Å². The van der Waals surface area contributed by atoms with E-state index < -0.39 is 0 Å². The van der Waals surface area contributed by atoms with Crippen LogP contribution in [-0.2, 0) is 0 Å². The van der Waals surface area contributed by atoms with Crippen LogP contribution in [0.15, 0.2) is 18.5 Å². The van der Waals surface area contributed by atoms with Crippen molar-refractivity contribution in [1.82, 2.24) is 19.9 Å². The van der Waals surface area contributed by atoms with E-state index >= 15 is 0 Å². The van der Waals surface area contributed by atoms with E-state index in [-0.39, 0.29) is 0 Å². The molecule has 114 valence electrons. The molecule has 6 heteroatoms. The Kier molecular flexibility index (Phi) is 4.90. The third-order valence-corrected chi connectivity index (χ3v) is 3.51. The number of nitrogen functional groups attached to an aromatic ring is 1. The topological polar surface area (TPSA) is 80.0 Å². The first-order valence-electron chi connectivity index (χ1n) is 7.36. The van der Waals surface area contributed by atoms with Gasteiger partial charge in [0.2, 0.25) is 0 Å². The van der Waals surface area contributed by atoms with Gasteiger partial charge in [-0.25, -0.2) is 15.0 Å². The van der Waals surface area contributed by atoms with E-state index in [0.29, 0.717) is 23.5 Å².